The fourth-order valence-electron chi connectivity index (χ4n) is 1.74. The lowest BCUT2D eigenvalue weighted by Crippen LogP contribution is -2.24. The maximum Gasteiger partial charge on any atom is 0.123 e. The summed E-state index contributed by atoms with van der Waals surface area (Å²) in [5.74, 6) is -0.223. The SMILES string of the molecule is CCCNCc1cc(F)ccc1N(C)CCO. The van der Waals surface area contributed by atoms with Gasteiger partial charge in [-0.1, -0.05) is 6.92 Å². The molecular formula is C13H21FN2O. The summed E-state index contributed by atoms with van der Waals surface area (Å²) in [7, 11) is 1.90. The molecule has 0 saturated heterocycles. The van der Waals surface area contributed by atoms with Crippen LogP contribution in [0.15, 0.2) is 18.2 Å². The van der Waals surface area contributed by atoms with E-state index in [1.165, 1.54) is 6.07 Å². The topological polar surface area (TPSA) is 35.5 Å². The lowest BCUT2D eigenvalue weighted by atomic mass is 10.1. The summed E-state index contributed by atoms with van der Waals surface area (Å²) in [6, 6.07) is 4.76. The Labute approximate surface area is 102 Å². The first kappa shape index (κ1) is 13.9. The fraction of sp³-hybridized carbons (Fsp3) is 0.538. The van der Waals surface area contributed by atoms with E-state index in [-0.39, 0.29) is 12.4 Å². The quantitative estimate of drug-likeness (QED) is 0.713. The van der Waals surface area contributed by atoms with Crippen molar-refractivity contribution < 1.29 is 9.50 Å². The van der Waals surface area contributed by atoms with Gasteiger partial charge in [-0.25, -0.2) is 4.39 Å². The predicted octanol–water partition coefficient (Wildman–Crippen LogP) is 1.75. The van der Waals surface area contributed by atoms with Crippen LogP contribution >= 0.6 is 0 Å². The van der Waals surface area contributed by atoms with Gasteiger partial charge in [-0.15, -0.1) is 0 Å². The van der Waals surface area contributed by atoms with E-state index >= 15 is 0 Å². The molecule has 17 heavy (non-hydrogen) atoms. The van der Waals surface area contributed by atoms with Crippen LogP contribution in [0.25, 0.3) is 0 Å². The van der Waals surface area contributed by atoms with E-state index in [1.54, 1.807) is 12.1 Å². The number of hydrogen-bond acceptors (Lipinski definition) is 3. The summed E-state index contributed by atoms with van der Waals surface area (Å²) >= 11 is 0. The fourth-order valence-corrected chi connectivity index (χ4v) is 1.74. The summed E-state index contributed by atoms with van der Waals surface area (Å²) in [5, 5.41) is 12.2. The molecule has 3 nitrogen and oxygen atoms in total. The molecule has 1 aromatic carbocycles. The predicted molar refractivity (Wildman–Crippen MR) is 68.8 cm³/mol. The molecule has 1 aromatic rings. The number of aliphatic hydroxyl groups is 1. The highest BCUT2D eigenvalue weighted by Gasteiger charge is 2.08. The highest BCUT2D eigenvalue weighted by Crippen LogP contribution is 2.20. The monoisotopic (exact) mass is 240 g/mol. The summed E-state index contributed by atoms with van der Waals surface area (Å²) in [6.45, 7) is 4.30. The lowest BCUT2D eigenvalue weighted by molar-refractivity contribution is 0.304. The van der Waals surface area contributed by atoms with Crippen molar-refractivity contribution in [2.24, 2.45) is 0 Å². The van der Waals surface area contributed by atoms with Crippen molar-refractivity contribution in [3.8, 4) is 0 Å². The van der Waals surface area contributed by atoms with Gasteiger partial charge in [-0.2, -0.15) is 0 Å². The van der Waals surface area contributed by atoms with E-state index in [0.29, 0.717) is 13.1 Å². The van der Waals surface area contributed by atoms with Crippen molar-refractivity contribution in [3.05, 3.63) is 29.6 Å². The Kier molecular flexibility index (Phi) is 5.94. The van der Waals surface area contributed by atoms with Gasteiger partial charge in [0.25, 0.3) is 0 Å². The average Bonchev–Trinajstić information content (AvgIpc) is 2.30. The molecule has 0 saturated carbocycles. The van der Waals surface area contributed by atoms with Gasteiger partial charge < -0.3 is 15.3 Å². The molecule has 0 unspecified atom stereocenters. The Morgan fingerprint density at radius 2 is 2.18 bits per heavy atom. The third kappa shape index (κ3) is 4.32. The first-order valence-corrected chi connectivity index (χ1v) is 6.00. The van der Waals surface area contributed by atoms with E-state index < -0.39 is 0 Å². The van der Waals surface area contributed by atoms with Crippen molar-refractivity contribution >= 4 is 5.69 Å². The van der Waals surface area contributed by atoms with E-state index in [9.17, 15) is 4.39 Å². The number of nitrogens with zero attached hydrogens (tertiary/aromatic N) is 1. The number of benzene rings is 1. The maximum absolute atomic E-state index is 13.2. The summed E-state index contributed by atoms with van der Waals surface area (Å²) in [6.07, 6.45) is 1.05. The van der Waals surface area contributed by atoms with Crippen LogP contribution in [-0.2, 0) is 6.54 Å². The third-order valence-corrected chi connectivity index (χ3v) is 2.63. The number of likely N-dealkylation sites (N-methyl/N-ethyl adjacent to an activating group) is 1. The molecule has 0 aromatic heterocycles. The minimum atomic E-state index is -0.223. The minimum Gasteiger partial charge on any atom is -0.395 e. The van der Waals surface area contributed by atoms with Crippen molar-refractivity contribution in [3.63, 3.8) is 0 Å². The van der Waals surface area contributed by atoms with E-state index in [0.717, 1.165) is 24.2 Å². The molecule has 0 amide bonds. The molecule has 0 heterocycles. The van der Waals surface area contributed by atoms with Crippen LogP contribution in [0.4, 0.5) is 10.1 Å². The van der Waals surface area contributed by atoms with Crippen LogP contribution in [0.5, 0.6) is 0 Å². The molecule has 0 radical (unpaired) electrons. The highest BCUT2D eigenvalue weighted by molar-refractivity contribution is 5.53. The number of rotatable bonds is 7. The molecule has 0 aliphatic heterocycles. The normalized spacial score (nSPS) is 10.6. The number of anilines is 1. The Balaban J connectivity index is 2.79. The van der Waals surface area contributed by atoms with Gasteiger partial charge in [-0.3, -0.25) is 0 Å². The van der Waals surface area contributed by atoms with Crippen molar-refractivity contribution in [1.29, 1.82) is 0 Å². The summed E-state index contributed by atoms with van der Waals surface area (Å²) < 4.78 is 13.2. The number of aliphatic hydroxyl groups excluding tert-OH is 1. The molecule has 0 spiro atoms. The second-order valence-corrected chi connectivity index (χ2v) is 4.09. The van der Waals surface area contributed by atoms with Crippen molar-refractivity contribution in [2.45, 2.75) is 19.9 Å². The second-order valence-electron chi connectivity index (χ2n) is 4.09. The van der Waals surface area contributed by atoms with Crippen molar-refractivity contribution in [1.82, 2.24) is 5.32 Å². The smallest absolute Gasteiger partial charge is 0.123 e. The zero-order valence-corrected chi connectivity index (χ0v) is 10.5. The Morgan fingerprint density at radius 1 is 1.41 bits per heavy atom. The molecule has 4 heteroatoms. The van der Waals surface area contributed by atoms with Crippen LogP contribution in [0.3, 0.4) is 0 Å². The highest BCUT2D eigenvalue weighted by atomic mass is 19.1. The molecule has 0 aliphatic carbocycles. The second kappa shape index (κ2) is 7.25. The summed E-state index contributed by atoms with van der Waals surface area (Å²) in [4.78, 5) is 1.93. The number of hydrogen-bond donors (Lipinski definition) is 2. The molecule has 2 N–H and O–H groups in total. The maximum atomic E-state index is 13.2. The molecule has 0 fully saturated rings. The molecule has 0 atom stereocenters. The van der Waals surface area contributed by atoms with Crippen LogP contribution in [0.1, 0.15) is 18.9 Å². The minimum absolute atomic E-state index is 0.0930. The van der Waals surface area contributed by atoms with E-state index in [4.69, 9.17) is 5.11 Å². The van der Waals surface area contributed by atoms with Gasteiger partial charge in [-0.05, 0) is 36.7 Å². The van der Waals surface area contributed by atoms with Crippen LogP contribution in [0, 0.1) is 5.82 Å². The van der Waals surface area contributed by atoms with Gasteiger partial charge in [0.1, 0.15) is 5.82 Å². The van der Waals surface area contributed by atoms with Gasteiger partial charge in [0.15, 0.2) is 0 Å². The molecule has 96 valence electrons. The Hall–Kier alpha value is -1.13. The first-order valence-electron chi connectivity index (χ1n) is 6.00. The lowest BCUT2D eigenvalue weighted by Gasteiger charge is -2.21. The number of halogens is 1. The van der Waals surface area contributed by atoms with Crippen LogP contribution in [0.2, 0.25) is 0 Å². The summed E-state index contributed by atoms with van der Waals surface area (Å²) in [5.41, 5.74) is 1.89. The van der Waals surface area contributed by atoms with Crippen LogP contribution < -0.4 is 10.2 Å². The molecule has 0 aliphatic rings. The zero-order chi connectivity index (χ0) is 12.7. The van der Waals surface area contributed by atoms with Gasteiger partial charge >= 0.3 is 0 Å². The zero-order valence-electron chi connectivity index (χ0n) is 10.5. The molecule has 1 rings (SSSR count). The van der Waals surface area contributed by atoms with Gasteiger partial charge in [0.05, 0.1) is 6.61 Å². The Bertz CT molecular complexity index is 344. The molecular weight excluding hydrogens is 219 g/mol. The van der Waals surface area contributed by atoms with Gasteiger partial charge in [0, 0.05) is 25.8 Å². The van der Waals surface area contributed by atoms with E-state index in [2.05, 4.69) is 12.2 Å². The number of nitrogens with one attached hydrogen (secondary N) is 1. The van der Waals surface area contributed by atoms with E-state index in [1.807, 2.05) is 11.9 Å². The first-order chi connectivity index (χ1) is 8.19. The standard InChI is InChI=1S/C13H21FN2O/c1-3-6-15-10-11-9-12(14)4-5-13(11)16(2)7-8-17/h4-5,9,15,17H,3,6-8,10H2,1-2H3. The average molecular weight is 240 g/mol. The largest absolute Gasteiger partial charge is 0.395 e. The van der Waals surface area contributed by atoms with Gasteiger partial charge in [0.2, 0.25) is 0 Å². The van der Waals surface area contributed by atoms with Crippen molar-refractivity contribution in [2.75, 3.05) is 31.6 Å². The molecule has 0 bridgehead atoms. The van der Waals surface area contributed by atoms with Crippen LogP contribution in [-0.4, -0.2) is 31.9 Å². The Morgan fingerprint density at radius 3 is 2.82 bits per heavy atom. The third-order valence-electron chi connectivity index (χ3n) is 2.63.